The minimum absolute atomic E-state index is 0. The van der Waals surface area contributed by atoms with Crippen LogP contribution in [0, 0.1) is 0 Å². The van der Waals surface area contributed by atoms with Crippen molar-refractivity contribution >= 4 is 0 Å². The monoisotopic (exact) mass is 158 g/mol. The van der Waals surface area contributed by atoms with E-state index in [4.69, 9.17) is 5.11 Å². The van der Waals surface area contributed by atoms with Gasteiger partial charge in [0.25, 0.3) is 0 Å². The fourth-order valence-corrected chi connectivity index (χ4v) is 0. The summed E-state index contributed by atoms with van der Waals surface area (Å²) in [4.78, 5) is 0. The topological polar surface area (TPSA) is 20.2 Å². The van der Waals surface area contributed by atoms with Crippen molar-refractivity contribution in [1.29, 1.82) is 0 Å². The summed E-state index contributed by atoms with van der Waals surface area (Å²) in [6.45, 7) is 3.44. The second kappa shape index (κ2) is 4.65. The van der Waals surface area contributed by atoms with Gasteiger partial charge >= 0.3 is 0 Å². The van der Waals surface area contributed by atoms with Crippen molar-refractivity contribution in [3.8, 4) is 0 Å². The number of aliphatic hydroxyl groups excluding tert-OH is 1. The molecule has 0 aromatic carbocycles. The number of rotatable bonds is 0. The summed E-state index contributed by atoms with van der Waals surface area (Å²) in [5.41, 5.74) is 0. The van der Waals surface area contributed by atoms with Gasteiger partial charge in [0.15, 0.2) is 0 Å². The van der Waals surface area contributed by atoms with E-state index in [0.717, 1.165) is 0 Å². The van der Waals surface area contributed by atoms with Gasteiger partial charge in [-0.3, -0.25) is 0 Å². The van der Waals surface area contributed by atoms with Crippen LogP contribution in [0.25, 0.3) is 0 Å². The Bertz CT molecular complexity index is 11.6. The Hall–Kier alpha value is 0.648. The molecule has 0 unspecified atom stereocenters. The third kappa shape index (κ3) is 77.6. The normalized spacial score (nSPS) is 7.20. The van der Waals surface area contributed by atoms with Gasteiger partial charge in [0.2, 0.25) is 0 Å². The van der Waals surface area contributed by atoms with Gasteiger partial charge in [-0.05, 0) is 13.8 Å². The first kappa shape index (κ1) is 9.17. The number of hydrogen-bond acceptors (Lipinski definition) is 1. The Morgan fingerprint density at radius 2 is 1.40 bits per heavy atom. The minimum atomic E-state index is -0.167. The predicted molar refractivity (Wildman–Crippen MR) is 17.4 cm³/mol. The molecule has 0 amide bonds. The third-order valence-corrected chi connectivity index (χ3v) is 0. The third-order valence-electron chi connectivity index (χ3n) is 0. The van der Waals surface area contributed by atoms with Crippen molar-refractivity contribution in [1.82, 2.24) is 0 Å². The molecule has 0 aliphatic rings. The molecular formula is C3H8MoO. The number of aliphatic hydroxyl groups is 1. The SMILES string of the molecule is CC(C)O.[Mo]. The predicted octanol–water partition coefficient (Wildman–Crippen LogP) is 0.385. The smallest absolute Gasteiger partial charge is 0.0483 e. The van der Waals surface area contributed by atoms with Crippen LogP contribution in [0.2, 0.25) is 0 Å². The Kier molecular flexibility index (Phi) is 8.52. The van der Waals surface area contributed by atoms with Crippen LogP contribution in [-0.2, 0) is 21.1 Å². The fraction of sp³-hybridized carbons (Fsp3) is 1.00. The Morgan fingerprint density at radius 1 is 1.40 bits per heavy atom. The van der Waals surface area contributed by atoms with Gasteiger partial charge in [0, 0.05) is 27.2 Å². The first-order chi connectivity index (χ1) is 1.73. The molecule has 0 rings (SSSR count). The molecule has 1 N–H and O–H groups in total. The molecule has 0 heterocycles. The molecule has 0 saturated carbocycles. The first-order valence-corrected chi connectivity index (χ1v) is 1.41. The van der Waals surface area contributed by atoms with Crippen molar-refractivity contribution in [2.24, 2.45) is 0 Å². The van der Waals surface area contributed by atoms with E-state index in [1.165, 1.54) is 0 Å². The average molecular weight is 156 g/mol. The standard InChI is InChI=1S/C3H8O.Mo/c1-3(2)4;/h3-4H,1-2H3;. The maximum atomic E-state index is 8.06. The average Bonchev–Trinajstić information content (AvgIpc) is 0.811. The van der Waals surface area contributed by atoms with Gasteiger partial charge in [-0.15, -0.1) is 0 Å². The summed E-state index contributed by atoms with van der Waals surface area (Å²) in [5, 5.41) is 8.06. The Labute approximate surface area is 46.7 Å². The maximum Gasteiger partial charge on any atom is 0.0483 e. The van der Waals surface area contributed by atoms with Crippen LogP contribution in [0.15, 0.2) is 0 Å². The van der Waals surface area contributed by atoms with Crippen molar-refractivity contribution in [3.63, 3.8) is 0 Å². The fourth-order valence-electron chi connectivity index (χ4n) is 0. The van der Waals surface area contributed by atoms with Gasteiger partial charge in [-0.2, -0.15) is 0 Å². The summed E-state index contributed by atoms with van der Waals surface area (Å²) in [6, 6.07) is 0. The van der Waals surface area contributed by atoms with Crippen molar-refractivity contribution in [2.45, 2.75) is 20.0 Å². The molecule has 0 aromatic heterocycles. The quantitative estimate of drug-likeness (QED) is 0.503. The molecule has 0 aromatic rings. The zero-order chi connectivity index (χ0) is 3.58. The zero-order valence-corrected chi connectivity index (χ0v) is 5.44. The molecule has 0 fully saturated rings. The van der Waals surface area contributed by atoms with E-state index in [1.54, 1.807) is 13.8 Å². The second-order valence-electron chi connectivity index (χ2n) is 1.09. The molecule has 1 nitrogen and oxygen atoms in total. The van der Waals surface area contributed by atoms with E-state index in [9.17, 15) is 0 Å². The van der Waals surface area contributed by atoms with Gasteiger partial charge < -0.3 is 5.11 Å². The molecule has 0 aliphatic carbocycles. The maximum absolute atomic E-state index is 8.06. The van der Waals surface area contributed by atoms with Gasteiger partial charge in [-0.25, -0.2) is 0 Å². The molecule has 0 saturated heterocycles. The Balaban J connectivity index is 0. The molecule has 32 valence electrons. The summed E-state index contributed by atoms with van der Waals surface area (Å²) >= 11 is 0. The molecule has 2 heteroatoms. The van der Waals surface area contributed by atoms with Crippen LogP contribution in [0.3, 0.4) is 0 Å². The van der Waals surface area contributed by atoms with Crippen LogP contribution in [0.1, 0.15) is 13.8 Å². The van der Waals surface area contributed by atoms with Crippen LogP contribution >= 0.6 is 0 Å². The summed E-state index contributed by atoms with van der Waals surface area (Å²) in [5.74, 6) is 0. The molecule has 5 heavy (non-hydrogen) atoms. The first-order valence-electron chi connectivity index (χ1n) is 1.41. The zero-order valence-electron chi connectivity index (χ0n) is 3.43. The van der Waals surface area contributed by atoms with E-state index >= 15 is 0 Å². The van der Waals surface area contributed by atoms with Crippen molar-refractivity contribution in [3.05, 3.63) is 0 Å². The minimum Gasteiger partial charge on any atom is -0.394 e. The molecule has 0 atom stereocenters. The Morgan fingerprint density at radius 3 is 1.40 bits per heavy atom. The molecular weight excluding hydrogens is 148 g/mol. The van der Waals surface area contributed by atoms with E-state index < -0.39 is 0 Å². The largest absolute Gasteiger partial charge is 0.394 e. The van der Waals surface area contributed by atoms with E-state index in [0.29, 0.717) is 0 Å². The van der Waals surface area contributed by atoms with E-state index in [2.05, 4.69) is 0 Å². The summed E-state index contributed by atoms with van der Waals surface area (Å²) < 4.78 is 0. The van der Waals surface area contributed by atoms with Crippen LogP contribution in [-0.4, -0.2) is 11.2 Å². The van der Waals surface area contributed by atoms with Crippen LogP contribution in [0.4, 0.5) is 0 Å². The van der Waals surface area contributed by atoms with Crippen molar-refractivity contribution in [2.75, 3.05) is 0 Å². The van der Waals surface area contributed by atoms with Crippen LogP contribution < -0.4 is 0 Å². The van der Waals surface area contributed by atoms with Crippen LogP contribution in [0.5, 0.6) is 0 Å². The van der Waals surface area contributed by atoms with Gasteiger partial charge in [-0.1, -0.05) is 0 Å². The van der Waals surface area contributed by atoms with Gasteiger partial charge in [0.1, 0.15) is 0 Å². The molecule has 0 bridgehead atoms. The van der Waals surface area contributed by atoms with Gasteiger partial charge in [0.05, 0.1) is 0 Å². The summed E-state index contributed by atoms with van der Waals surface area (Å²) in [7, 11) is 0. The summed E-state index contributed by atoms with van der Waals surface area (Å²) in [6.07, 6.45) is -0.167. The number of hydrogen-bond donors (Lipinski definition) is 1. The molecule has 0 radical (unpaired) electrons. The van der Waals surface area contributed by atoms with E-state index in [-0.39, 0.29) is 27.2 Å². The van der Waals surface area contributed by atoms with Crippen molar-refractivity contribution < 1.29 is 26.2 Å². The molecule has 0 spiro atoms. The molecule has 0 aliphatic heterocycles. The van der Waals surface area contributed by atoms with E-state index in [1.807, 2.05) is 0 Å². The second-order valence-corrected chi connectivity index (χ2v) is 1.09.